The summed E-state index contributed by atoms with van der Waals surface area (Å²) in [6, 6.07) is 0. The number of carbonyl (C=O) groups excluding carboxylic acids is 2. The molecule has 6 rings (SSSR count). The van der Waals surface area contributed by atoms with Crippen LogP contribution in [-0.2, 0) is 19.1 Å². The Hall–Kier alpha value is -4.79. The van der Waals surface area contributed by atoms with E-state index in [0.29, 0.717) is 29.0 Å². The van der Waals surface area contributed by atoms with E-state index in [1.807, 2.05) is 32.1 Å². The molecule has 0 amide bonds. The van der Waals surface area contributed by atoms with Gasteiger partial charge in [0.05, 0.1) is 48.4 Å². The smallest absolute Gasteiger partial charge is 0.321 e. The first-order valence-electron chi connectivity index (χ1n) is 16.6. The highest BCUT2D eigenvalue weighted by Crippen LogP contribution is 2.57. The van der Waals surface area contributed by atoms with Crippen molar-refractivity contribution in [2.45, 2.75) is 67.7 Å². The highest BCUT2D eigenvalue weighted by Gasteiger charge is 2.55. The first-order valence-corrected chi connectivity index (χ1v) is 16.6. The molecule has 0 aromatic rings. The predicted molar refractivity (Wildman–Crippen MR) is 188 cm³/mol. The standard InChI is InChI=1S/C39H44N4O5/c1-11-23-19(5)25-15-28-22(8)39(18(3)4,14-13-31(44)47-9)37(43-28)33-34(38(46)48-10)36(45)32-21(7)27(42-35(32)33)17-30-24(12-2)20(6)26(41-30)16-29(23)40-25/h11,15-18,22,34,43,45H,1,12-14H2,2-10H3/t22-,34-,39-/m1/s1. The van der Waals surface area contributed by atoms with Crippen LogP contribution in [0.15, 0.2) is 119 Å². The Labute approximate surface area is 282 Å². The summed E-state index contributed by atoms with van der Waals surface area (Å²) in [5.41, 5.74) is 11.3. The number of aliphatic imine (C=N–C) groups is 3. The van der Waals surface area contributed by atoms with Crippen molar-refractivity contribution in [2.75, 3.05) is 14.2 Å². The second kappa shape index (κ2) is 12.0. The molecule has 0 spiro atoms. The second-order valence-corrected chi connectivity index (χ2v) is 13.4. The molecule has 5 aliphatic heterocycles. The van der Waals surface area contributed by atoms with Crippen molar-refractivity contribution in [2.24, 2.45) is 38.1 Å². The van der Waals surface area contributed by atoms with Crippen molar-refractivity contribution in [1.82, 2.24) is 5.32 Å². The van der Waals surface area contributed by atoms with Crippen LogP contribution in [0.5, 0.6) is 0 Å². The van der Waals surface area contributed by atoms with Gasteiger partial charge in [-0.05, 0) is 80.1 Å². The van der Waals surface area contributed by atoms with Gasteiger partial charge in [0.15, 0.2) is 0 Å². The van der Waals surface area contributed by atoms with Gasteiger partial charge in [-0.1, -0.05) is 40.3 Å². The molecule has 3 atom stereocenters. The van der Waals surface area contributed by atoms with Crippen molar-refractivity contribution in [3.8, 4) is 0 Å². The summed E-state index contributed by atoms with van der Waals surface area (Å²) in [4.78, 5) is 41.6. The summed E-state index contributed by atoms with van der Waals surface area (Å²) in [7, 11) is 2.71. The minimum atomic E-state index is -1.09. The number of ether oxygens (including phenoxy) is 2. The zero-order chi connectivity index (χ0) is 34.8. The Kier molecular flexibility index (Phi) is 8.30. The summed E-state index contributed by atoms with van der Waals surface area (Å²) >= 11 is 0. The minimum absolute atomic E-state index is 0.00483. The van der Waals surface area contributed by atoms with Crippen LogP contribution in [-0.4, -0.2) is 48.4 Å². The van der Waals surface area contributed by atoms with Crippen LogP contribution in [0.4, 0.5) is 0 Å². The van der Waals surface area contributed by atoms with Gasteiger partial charge in [0.1, 0.15) is 11.7 Å². The van der Waals surface area contributed by atoms with E-state index in [9.17, 15) is 14.7 Å². The lowest BCUT2D eigenvalue weighted by Gasteiger charge is -2.39. The molecule has 1 aliphatic carbocycles. The van der Waals surface area contributed by atoms with Gasteiger partial charge in [0, 0.05) is 45.9 Å². The molecule has 8 bridgehead atoms. The third kappa shape index (κ3) is 4.69. The number of methoxy groups -OCH3 is 2. The normalized spacial score (nSPS) is 26.1. The van der Waals surface area contributed by atoms with Crippen molar-refractivity contribution < 1.29 is 24.2 Å². The monoisotopic (exact) mass is 648 g/mol. The number of aliphatic hydroxyl groups excluding tert-OH is 1. The largest absolute Gasteiger partial charge is 0.510 e. The van der Waals surface area contributed by atoms with Gasteiger partial charge in [0.2, 0.25) is 0 Å². The summed E-state index contributed by atoms with van der Waals surface area (Å²) in [6.07, 6.45) is 9.27. The fourth-order valence-electron chi connectivity index (χ4n) is 8.27. The number of allylic oxidation sites excluding steroid dienone is 11. The third-order valence-corrected chi connectivity index (χ3v) is 11.1. The Morgan fingerprint density at radius 2 is 1.71 bits per heavy atom. The first kappa shape index (κ1) is 33.1. The molecule has 1 fully saturated rings. The number of hydrogen-bond acceptors (Lipinski definition) is 9. The summed E-state index contributed by atoms with van der Waals surface area (Å²) in [6.45, 7) is 18.6. The lowest BCUT2D eigenvalue weighted by molar-refractivity contribution is -0.144. The number of fused-ring (bicyclic) bond motifs is 5. The maximum Gasteiger partial charge on any atom is 0.321 e. The minimum Gasteiger partial charge on any atom is -0.510 e. The van der Waals surface area contributed by atoms with Gasteiger partial charge in [-0.3, -0.25) is 9.59 Å². The zero-order valence-electron chi connectivity index (χ0n) is 29.3. The van der Waals surface area contributed by atoms with E-state index in [4.69, 9.17) is 24.5 Å². The molecule has 9 nitrogen and oxygen atoms in total. The molecular weight excluding hydrogens is 604 g/mol. The number of rotatable bonds is 7. The molecule has 0 unspecified atom stereocenters. The van der Waals surface area contributed by atoms with Gasteiger partial charge in [-0.2, -0.15) is 0 Å². The number of nitrogens with zero attached hydrogens (tertiary/aromatic N) is 3. The van der Waals surface area contributed by atoms with Crippen LogP contribution in [0.2, 0.25) is 0 Å². The van der Waals surface area contributed by atoms with Crippen molar-refractivity contribution >= 4 is 29.1 Å². The first-order chi connectivity index (χ1) is 22.8. The van der Waals surface area contributed by atoms with Crippen LogP contribution in [0, 0.1) is 23.2 Å². The van der Waals surface area contributed by atoms with Crippen LogP contribution in [0.25, 0.3) is 0 Å². The van der Waals surface area contributed by atoms with Crippen LogP contribution >= 0.6 is 0 Å². The van der Waals surface area contributed by atoms with Crippen molar-refractivity contribution in [1.29, 1.82) is 0 Å². The second-order valence-electron chi connectivity index (χ2n) is 13.4. The van der Waals surface area contributed by atoms with Gasteiger partial charge in [-0.25, -0.2) is 15.0 Å². The quantitative estimate of drug-likeness (QED) is 0.281. The molecular formula is C39H44N4O5. The Balaban J connectivity index is 1.73. The summed E-state index contributed by atoms with van der Waals surface area (Å²) < 4.78 is 10.4. The van der Waals surface area contributed by atoms with E-state index in [-0.39, 0.29) is 30.0 Å². The number of esters is 2. The van der Waals surface area contributed by atoms with E-state index in [1.54, 1.807) is 0 Å². The van der Waals surface area contributed by atoms with E-state index in [1.165, 1.54) is 14.2 Å². The molecule has 0 aromatic carbocycles. The van der Waals surface area contributed by atoms with Gasteiger partial charge < -0.3 is 19.9 Å². The van der Waals surface area contributed by atoms with E-state index in [2.05, 4.69) is 52.6 Å². The topological polar surface area (TPSA) is 122 Å². The Morgan fingerprint density at radius 3 is 2.33 bits per heavy atom. The average Bonchev–Trinajstić information content (AvgIpc) is 3.79. The van der Waals surface area contributed by atoms with Crippen molar-refractivity contribution in [3.63, 3.8) is 0 Å². The Bertz CT molecular complexity index is 1930. The van der Waals surface area contributed by atoms with Crippen LogP contribution in [0.1, 0.15) is 67.7 Å². The molecule has 1 saturated heterocycles. The third-order valence-electron chi connectivity index (χ3n) is 11.1. The van der Waals surface area contributed by atoms with Crippen LogP contribution < -0.4 is 5.32 Å². The van der Waals surface area contributed by atoms with E-state index in [0.717, 1.165) is 68.5 Å². The number of aliphatic hydroxyl groups is 1. The SMILES string of the molecule is C=CC1=C(C)C2=NC1=CC1=NC(=CC3=C(C)C4=C(O)[C@H](C(=O)OC)C(=C5NC(=C2)[C@@H](C)[C@@]5(CCC(=O)OC)C(C)C)C4=N3)C(CC)=C1C. The molecule has 5 heterocycles. The number of carbonyl (C=O) groups is 2. The molecule has 0 radical (unpaired) electrons. The van der Waals surface area contributed by atoms with E-state index >= 15 is 0 Å². The molecule has 0 saturated carbocycles. The van der Waals surface area contributed by atoms with Crippen molar-refractivity contribution in [3.05, 3.63) is 104 Å². The lowest BCUT2D eigenvalue weighted by atomic mass is 9.63. The van der Waals surface area contributed by atoms with Gasteiger partial charge in [-0.15, -0.1) is 0 Å². The molecule has 2 N–H and O–H groups in total. The van der Waals surface area contributed by atoms with Gasteiger partial charge in [0.25, 0.3) is 0 Å². The molecule has 48 heavy (non-hydrogen) atoms. The number of nitrogens with one attached hydrogen (secondary N) is 1. The molecule has 0 aromatic heterocycles. The molecule has 6 aliphatic rings. The fourth-order valence-corrected chi connectivity index (χ4v) is 8.27. The maximum atomic E-state index is 13.6. The molecule has 9 heteroatoms. The highest BCUT2D eigenvalue weighted by molar-refractivity contribution is 6.24. The fraction of sp³-hybridized carbons (Fsp3) is 0.410. The summed E-state index contributed by atoms with van der Waals surface area (Å²) in [5, 5.41) is 15.6. The average molecular weight is 649 g/mol. The summed E-state index contributed by atoms with van der Waals surface area (Å²) in [5.74, 6) is -2.23. The zero-order valence-corrected chi connectivity index (χ0v) is 29.3. The highest BCUT2D eigenvalue weighted by atomic mass is 16.5. The molecule has 250 valence electrons. The van der Waals surface area contributed by atoms with Crippen LogP contribution in [0.3, 0.4) is 0 Å². The lowest BCUT2D eigenvalue weighted by Crippen LogP contribution is -2.36. The maximum absolute atomic E-state index is 13.6. The van der Waals surface area contributed by atoms with Gasteiger partial charge >= 0.3 is 11.9 Å². The van der Waals surface area contributed by atoms with E-state index < -0.39 is 17.3 Å². The predicted octanol–water partition coefficient (Wildman–Crippen LogP) is 7.22. The Morgan fingerprint density at radius 1 is 1.02 bits per heavy atom. The number of hydrogen-bond donors (Lipinski definition) is 2.